The summed E-state index contributed by atoms with van der Waals surface area (Å²) in [5.74, 6) is 0.422. The summed E-state index contributed by atoms with van der Waals surface area (Å²) in [5, 5.41) is 2.74. The highest BCUT2D eigenvalue weighted by Crippen LogP contribution is 2.31. The van der Waals surface area contributed by atoms with Gasteiger partial charge in [0.15, 0.2) is 0 Å². The van der Waals surface area contributed by atoms with Gasteiger partial charge in [0.05, 0.1) is 6.54 Å². The van der Waals surface area contributed by atoms with Crippen LogP contribution in [0.1, 0.15) is 38.7 Å². The average Bonchev–Trinajstić information content (AvgIpc) is 2.96. The van der Waals surface area contributed by atoms with E-state index in [4.69, 9.17) is 5.73 Å². The molecule has 140 valence electrons. The molecule has 0 aromatic heterocycles. The van der Waals surface area contributed by atoms with Crippen LogP contribution in [0.25, 0.3) is 0 Å². The van der Waals surface area contributed by atoms with E-state index in [-0.39, 0.29) is 48.0 Å². The van der Waals surface area contributed by atoms with Crippen molar-refractivity contribution in [3.05, 3.63) is 35.9 Å². The Balaban J connectivity index is 0.00000312. The van der Waals surface area contributed by atoms with E-state index in [0.29, 0.717) is 26.1 Å². The number of likely N-dealkylation sites (tertiary alicyclic amines) is 1. The van der Waals surface area contributed by atoms with Crippen molar-refractivity contribution in [2.45, 2.75) is 33.1 Å². The third-order valence-electron chi connectivity index (χ3n) is 4.45. The van der Waals surface area contributed by atoms with Crippen molar-refractivity contribution in [1.82, 2.24) is 10.2 Å². The summed E-state index contributed by atoms with van der Waals surface area (Å²) in [6.07, 6.45) is 0.415. The van der Waals surface area contributed by atoms with Crippen molar-refractivity contribution < 1.29 is 9.59 Å². The van der Waals surface area contributed by atoms with Crippen molar-refractivity contribution in [2.24, 2.45) is 17.1 Å². The summed E-state index contributed by atoms with van der Waals surface area (Å²) < 4.78 is 0. The molecule has 2 atom stereocenters. The maximum atomic E-state index is 12.4. The summed E-state index contributed by atoms with van der Waals surface area (Å²) in [6, 6.07) is 10.2. The number of nitrogens with zero attached hydrogens (tertiary/aromatic N) is 1. The summed E-state index contributed by atoms with van der Waals surface area (Å²) in [6.45, 7) is 7.96. The number of benzene rings is 1. The van der Waals surface area contributed by atoms with Crippen LogP contribution in [-0.4, -0.2) is 42.9 Å². The second-order valence-electron chi connectivity index (χ2n) is 7.83. The Morgan fingerprint density at radius 1 is 1.20 bits per heavy atom. The molecular weight excluding hydrogens is 338 g/mol. The largest absolute Gasteiger partial charge is 0.347 e. The zero-order chi connectivity index (χ0) is 17.7. The van der Waals surface area contributed by atoms with E-state index < -0.39 is 0 Å². The molecule has 1 aliphatic heterocycles. The van der Waals surface area contributed by atoms with E-state index in [2.05, 4.69) is 17.4 Å². The van der Waals surface area contributed by atoms with Crippen LogP contribution in [-0.2, 0) is 9.59 Å². The molecule has 5 nitrogen and oxygen atoms in total. The summed E-state index contributed by atoms with van der Waals surface area (Å²) >= 11 is 0. The van der Waals surface area contributed by atoms with Gasteiger partial charge in [0.25, 0.3) is 0 Å². The molecule has 1 heterocycles. The molecule has 1 aromatic carbocycles. The van der Waals surface area contributed by atoms with Gasteiger partial charge in [-0.2, -0.15) is 0 Å². The molecule has 1 aliphatic rings. The first-order chi connectivity index (χ1) is 11.3. The highest BCUT2D eigenvalue weighted by Gasteiger charge is 2.35. The lowest BCUT2D eigenvalue weighted by atomic mass is 9.89. The van der Waals surface area contributed by atoms with Gasteiger partial charge in [-0.3, -0.25) is 9.59 Å². The van der Waals surface area contributed by atoms with Crippen molar-refractivity contribution >= 4 is 24.2 Å². The van der Waals surface area contributed by atoms with Gasteiger partial charge in [0, 0.05) is 25.4 Å². The molecule has 0 spiro atoms. The van der Waals surface area contributed by atoms with E-state index in [0.717, 1.165) is 0 Å². The van der Waals surface area contributed by atoms with Crippen LogP contribution >= 0.6 is 12.4 Å². The topological polar surface area (TPSA) is 75.4 Å². The SMILES string of the molecule is CC(C)(C)CC(=O)NCC(=O)N1C[C@@H](CN)[C@H](c2ccccc2)C1.Cl. The van der Waals surface area contributed by atoms with Gasteiger partial charge in [-0.1, -0.05) is 51.1 Å². The monoisotopic (exact) mass is 367 g/mol. The standard InChI is InChI=1S/C19H29N3O2.ClH/c1-19(2,3)9-17(23)21-11-18(24)22-12-15(10-20)16(13-22)14-7-5-4-6-8-14;/h4-8,15-16H,9-13,20H2,1-3H3,(H,21,23);1H/t15-,16+;/m1./s1. The molecule has 0 radical (unpaired) electrons. The number of carbonyl (C=O) groups is 2. The first kappa shape index (κ1) is 21.5. The average molecular weight is 368 g/mol. The van der Waals surface area contributed by atoms with Crippen LogP contribution in [0.4, 0.5) is 0 Å². The van der Waals surface area contributed by atoms with E-state index >= 15 is 0 Å². The lowest BCUT2D eigenvalue weighted by Gasteiger charge is -2.19. The molecule has 25 heavy (non-hydrogen) atoms. The Morgan fingerprint density at radius 3 is 2.40 bits per heavy atom. The lowest BCUT2D eigenvalue weighted by Crippen LogP contribution is -2.40. The highest BCUT2D eigenvalue weighted by atomic mass is 35.5. The molecule has 1 saturated heterocycles. The Bertz CT molecular complexity index is 572. The fourth-order valence-corrected chi connectivity index (χ4v) is 3.22. The number of carbonyl (C=O) groups excluding carboxylic acids is 2. The number of hydrogen-bond donors (Lipinski definition) is 2. The van der Waals surface area contributed by atoms with Gasteiger partial charge in [0.1, 0.15) is 0 Å². The number of nitrogens with two attached hydrogens (primary N) is 1. The first-order valence-electron chi connectivity index (χ1n) is 8.59. The molecule has 0 saturated carbocycles. The maximum Gasteiger partial charge on any atom is 0.241 e. The predicted molar refractivity (Wildman–Crippen MR) is 103 cm³/mol. The van der Waals surface area contributed by atoms with Crippen LogP contribution < -0.4 is 11.1 Å². The van der Waals surface area contributed by atoms with E-state index in [1.165, 1.54) is 5.56 Å². The molecule has 1 fully saturated rings. The van der Waals surface area contributed by atoms with Crippen LogP contribution in [0.15, 0.2) is 30.3 Å². The number of halogens is 1. The van der Waals surface area contributed by atoms with E-state index in [1.807, 2.05) is 43.9 Å². The molecule has 6 heteroatoms. The summed E-state index contributed by atoms with van der Waals surface area (Å²) in [4.78, 5) is 26.1. The number of rotatable bonds is 5. The minimum Gasteiger partial charge on any atom is -0.347 e. The number of nitrogens with one attached hydrogen (secondary N) is 1. The maximum absolute atomic E-state index is 12.4. The van der Waals surface area contributed by atoms with Gasteiger partial charge < -0.3 is 16.0 Å². The van der Waals surface area contributed by atoms with Crippen molar-refractivity contribution in [3.63, 3.8) is 0 Å². The Kier molecular flexibility index (Phi) is 7.90. The minimum absolute atomic E-state index is 0. The van der Waals surface area contributed by atoms with Gasteiger partial charge in [-0.05, 0) is 23.4 Å². The van der Waals surface area contributed by atoms with Gasteiger partial charge >= 0.3 is 0 Å². The van der Waals surface area contributed by atoms with Crippen molar-refractivity contribution in [2.75, 3.05) is 26.2 Å². The van der Waals surface area contributed by atoms with Gasteiger partial charge in [-0.15, -0.1) is 12.4 Å². The summed E-state index contributed by atoms with van der Waals surface area (Å²) in [7, 11) is 0. The van der Waals surface area contributed by atoms with E-state index in [1.54, 1.807) is 0 Å². The predicted octanol–water partition coefficient (Wildman–Crippen LogP) is 2.16. The summed E-state index contributed by atoms with van der Waals surface area (Å²) in [5.41, 5.74) is 7.05. The van der Waals surface area contributed by atoms with Crippen molar-refractivity contribution in [1.29, 1.82) is 0 Å². The third-order valence-corrected chi connectivity index (χ3v) is 4.45. The van der Waals surface area contributed by atoms with Crippen molar-refractivity contribution in [3.8, 4) is 0 Å². The van der Waals surface area contributed by atoms with Gasteiger partial charge in [0.2, 0.25) is 11.8 Å². The zero-order valence-electron chi connectivity index (χ0n) is 15.3. The van der Waals surface area contributed by atoms with E-state index in [9.17, 15) is 9.59 Å². The molecule has 0 bridgehead atoms. The molecule has 2 rings (SSSR count). The minimum atomic E-state index is -0.0795. The second-order valence-corrected chi connectivity index (χ2v) is 7.83. The van der Waals surface area contributed by atoms with Crippen LogP contribution in [0.3, 0.4) is 0 Å². The molecule has 1 aromatic rings. The molecular formula is C19H30ClN3O2. The normalized spacial score (nSPS) is 20.1. The molecule has 3 N–H and O–H groups in total. The van der Waals surface area contributed by atoms with Crippen LogP contribution in [0.5, 0.6) is 0 Å². The number of hydrogen-bond acceptors (Lipinski definition) is 3. The second kappa shape index (κ2) is 9.20. The molecule has 0 aliphatic carbocycles. The quantitative estimate of drug-likeness (QED) is 0.837. The van der Waals surface area contributed by atoms with Crippen LogP contribution in [0.2, 0.25) is 0 Å². The smallest absolute Gasteiger partial charge is 0.241 e. The fourth-order valence-electron chi connectivity index (χ4n) is 3.22. The number of amides is 2. The zero-order valence-corrected chi connectivity index (χ0v) is 16.1. The fraction of sp³-hybridized carbons (Fsp3) is 0.579. The Labute approximate surface area is 156 Å². The Hall–Kier alpha value is -1.59. The Morgan fingerprint density at radius 2 is 1.84 bits per heavy atom. The third kappa shape index (κ3) is 6.33. The molecule has 0 unspecified atom stereocenters. The lowest BCUT2D eigenvalue weighted by molar-refractivity contribution is -0.132. The van der Waals surface area contributed by atoms with Crippen LogP contribution in [0, 0.1) is 11.3 Å². The highest BCUT2D eigenvalue weighted by molar-refractivity contribution is 5.85. The molecule has 2 amide bonds. The van der Waals surface area contributed by atoms with Gasteiger partial charge in [-0.25, -0.2) is 0 Å². The first-order valence-corrected chi connectivity index (χ1v) is 8.59.